The predicted molar refractivity (Wildman–Crippen MR) is 98.7 cm³/mol. The van der Waals surface area contributed by atoms with Crippen LogP contribution in [0.4, 0.5) is 5.82 Å². The Kier molecular flexibility index (Phi) is 5.29. The summed E-state index contributed by atoms with van der Waals surface area (Å²) in [6, 6.07) is 10.6. The van der Waals surface area contributed by atoms with Gasteiger partial charge in [-0.25, -0.2) is 17.8 Å². The van der Waals surface area contributed by atoms with Gasteiger partial charge in [0.15, 0.2) is 5.82 Å². The summed E-state index contributed by atoms with van der Waals surface area (Å²) in [7, 11) is -3.54. The Bertz CT molecular complexity index is 969. The zero-order valence-corrected chi connectivity index (χ0v) is 15.4. The maximum Gasteiger partial charge on any atom is 0.240 e. The summed E-state index contributed by atoms with van der Waals surface area (Å²) in [6.07, 6.45) is 3.44. The second-order valence-corrected chi connectivity index (χ2v) is 7.56. The molecule has 3 aromatic rings. The van der Waals surface area contributed by atoms with Crippen LogP contribution in [0, 0.1) is 13.8 Å². The van der Waals surface area contributed by atoms with Crippen LogP contribution in [0.5, 0.6) is 0 Å². The van der Waals surface area contributed by atoms with Crippen LogP contribution < -0.4 is 10.0 Å². The van der Waals surface area contributed by atoms with Gasteiger partial charge in [-0.15, -0.1) is 10.2 Å². The minimum atomic E-state index is -3.54. The van der Waals surface area contributed by atoms with Crippen molar-refractivity contribution in [2.24, 2.45) is 0 Å². The molecule has 0 saturated heterocycles. The molecule has 0 bridgehead atoms. The number of hydrogen-bond acceptors (Lipinski definition) is 6. The van der Waals surface area contributed by atoms with Crippen molar-refractivity contribution in [3.63, 3.8) is 0 Å². The van der Waals surface area contributed by atoms with Crippen molar-refractivity contribution in [3.8, 4) is 5.82 Å². The average Bonchev–Trinajstić information content (AvgIpc) is 3.13. The molecule has 0 unspecified atom stereocenters. The van der Waals surface area contributed by atoms with Gasteiger partial charge in [-0.3, -0.25) is 0 Å². The van der Waals surface area contributed by atoms with Gasteiger partial charge in [0, 0.05) is 25.5 Å². The van der Waals surface area contributed by atoms with E-state index in [2.05, 4.69) is 25.3 Å². The quantitative estimate of drug-likeness (QED) is 0.612. The Hall–Kier alpha value is -2.78. The number of anilines is 1. The molecule has 2 heterocycles. The van der Waals surface area contributed by atoms with Crippen molar-refractivity contribution in [2.75, 3.05) is 18.4 Å². The predicted octanol–water partition coefficient (Wildman–Crippen LogP) is 1.67. The summed E-state index contributed by atoms with van der Waals surface area (Å²) >= 11 is 0. The number of benzene rings is 1. The first-order valence-electron chi connectivity index (χ1n) is 8.10. The van der Waals surface area contributed by atoms with E-state index < -0.39 is 10.0 Å². The molecule has 0 aliphatic heterocycles. The van der Waals surface area contributed by atoms with Crippen LogP contribution >= 0.6 is 0 Å². The van der Waals surface area contributed by atoms with Crippen LogP contribution in [0.15, 0.2) is 53.7 Å². The summed E-state index contributed by atoms with van der Waals surface area (Å²) in [5.74, 6) is 1.17. The molecule has 0 saturated carbocycles. The SMILES string of the molecule is Cc1ccc(S(=O)(=O)NCCNc2ccc(-n3cccn3)nn2)c(C)c1. The Balaban J connectivity index is 1.53. The molecule has 0 fully saturated rings. The maximum absolute atomic E-state index is 12.4. The molecular weight excluding hydrogens is 352 g/mol. The molecule has 0 amide bonds. The third-order valence-corrected chi connectivity index (χ3v) is 5.35. The Morgan fingerprint density at radius 1 is 1.08 bits per heavy atom. The maximum atomic E-state index is 12.4. The zero-order valence-electron chi connectivity index (χ0n) is 14.5. The van der Waals surface area contributed by atoms with Gasteiger partial charge >= 0.3 is 0 Å². The van der Waals surface area contributed by atoms with Crippen molar-refractivity contribution >= 4 is 15.8 Å². The smallest absolute Gasteiger partial charge is 0.240 e. The number of nitrogens with zero attached hydrogens (tertiary/aromatic N) is 4. The van der Waals surface area contributed by atoms with Crippen LogP contribution in [-0.4, -0.2) is 41.5 Å². The highest BCUT2D eigenvalue weighted by Gasteiger charge is 2.15. The first-order valence-corrected chi connectivity index (χ1v) is 9.58. The van der Waals surface area contributed by atoms with Crippen LogP contribution in [-0.2, 0) is 10.0 Å². The van der Waals surface area contributed by atoms with E-state index in [1.807, 2.05) is 13.0 Å². The van der Waals surface area contributed by atoms with Crippen LogP contribution in [0.3, 0.4) is 0 Å². The molecule has 0 aliphatic rings. The number of aryl methyl sites for hydroxylation is 2. The summed E-state index contributed by atoms with van der Waals surface area (Å²) in [6.45, 7) is 4.34. The lowest BCUT2D eigenvalue weighted by Crippen LogP contribution is -2.29. The first kappa shape index (κ1) is 18.0. The molecule has 26 heavy (non-hydrogen) atoms. The fourth-order valence-corrected chi connectivity index (χ4v) is 3.76. The van der Waals surface area contributed by atoms with Gasteiger partial charge in [0.2, 0.25) is 10.0 Å². The van der Waals surface area contributed by atoms with Crippen LogP contribution in [0.25, 0.3) is 5.82 Å². The fraction of sp³-hybridized carbons (Fsp3) is 0.235. The highest BCUT2D eigenvalue weighted by atomic mass is 32.2. The highest BCUT2D eigenvalue weighted by molar-refractivity contribution is 7.89. The van der Waals surface area contributed by atoms with E-state index in [9.17, 15) is 8.42 Å². The second-order valence-electron chi connectivity index (χ2n) is 5.82. The first-order chi connectivity index (χ1) is 12.5. The summed E-state index contributed by atoms with van der Waals surface area (Å²) in [5, 5.41) is 15.2. The molecule has 0 aliphatic carbocycles. The van der Waals surface area contributed by atoms with Gasteiger partial charge in [-0.2, -0.15) is 5.10 Å². The van der Waals surface area contributed by atoms with Gasteiger partial charge < -0.3 is 5.32 Å². The third kappa shape index (κ3) is 4.24. The minimum absolute atomic E-state index is 0.234. The lowest BCUT2D eigenvalue weighted by atomic mass is 10.2. The average molecular weight is 372 g/mol. The van der Waals surface area contributed by atoms with Crippen molar-refractivity contribution in [1.82, 2.24) is 24.7 Å². The molecule has 0 radical (unpaired) electrons. The monoisotopic (exact) mass is 372 g/mol. The number of sulfonamides is 1. The van der Waals surface area contributed by atoms with E-state index in [1.165, 1.54) is 0 Å². The molecule has 3 rings (SSSR count). The largest absolute Gasteiger partial charge is 0.367 e. The van der Waals surface area contributed by atoms with Gasteiger partial charge in [-0.1, -0.05) is 17.7 Å². The van der Waals surface area contributed by atoms with Crippen LogP contribution in [0.1, 0.15) is 11.1 Å². The van der Waals surface area contributed by atoms with E-state index in [0.717, 1.165) is 11.1 Å². The molecule has 1 aromatic carbocycles. The Labute approximate surface area is 152 Å². The normalized spacial score (nSPS) is 11.5. The van der Waals surface area contributed by atoms with Crippen molar-refractivity contribution < 1.29 is 8.42 Å². The molecule has 0 spiro atoms. The molecule has 8 nitrogen and oxygen atoms in total. The van der Waals surface area contributed by atoms with Gasteiger partial charge in [0.1, 0.15) is 5.82 Å². The fourth-order valence-electron chi connectivity index (χ4n) is 2.50. The Morgan fingerprint density at radius 3 is 2.58 bits per heavy atom. The molecule has 2 aromatic heterocycles. The zero-order chi connectivity index (χ0) is 18.6. The summed E-state index contributed by atoms with van der Waals surface area (Å²) in [5.41, 5.74) is 1.76. The Morgan fingerprint density at radius 2 is 1.92 bits per heavy atom. The molecule has 9 heteroatoms. The topological polar surface area (TPSA) is 102 Å². The number of hydrogen-bond donors (Lipinski definition) is 2. The van der Waals surface area contributed by atoms with Crippen molar-refractivity contribution in [3.05, 3.63) is 59.9 Å². The standard InChI is InChI=1S/C17H20N6O2S/c1-13-4-5-15(14(2)12-13)26(24,25)20-10-9-18-16-6-7-17(22-21-16)23-11-3-8-19-23/h3-8,11-12,20H,9-10H2,1-2H3,(H,18,21). The molecule has 136 valence electrons. The lowest BCUT2D eigenvalue weighted by Gasteiger charge is -2.10. The number of nitrogens with one attached hydrogen (secondary N) is 2. The highest BCUT2D eigenvalue weighted by Crippen LogP contribution is 2.16. The van der Waals surface area contributed by atoms with Gasteiger partial charge in [0.05, 0.1) is 4.90 Å². The van der Waals surface area contributed by atoms with Crippen LogP contribution in [0.2, 0.25) is 0 Å². The van der Waals surface area contributed by atoms with E-state index in [0.29, 0.717) is 23.1 Å². The summed E-state index contributed by atoms with van der Waals surface area (Å²) < 4.78 is 28.9. The summed E-state index contributed by atoms with van der Waals surface area (Å²) in [4.78, 5) is 0.298. The van der Waals surface area contributed by atoms with E-state index >= 15 is 0 Å². The van der Waals surface area contributed by atoms with E-state index in [1.54, 1.807) is 54.3 Å². The van der Waals surface area contributed by atoms with Crippen molar-refractivity contribution in [2.45, 2.75) is 18.7 Å². The number of aromatic nitrogens is 4. The second kappa shape index (κ2) is 7.63. The van der Waals surface area contributed by atoms with Gasteiger partial charge in [0.25, 0.3) is 0 Å². The number of rotatable bonds is 7. The van der Waals surface area contributed by atoms with E-state index in [-0.39, 0.29) is 6.54 Å². The molecule has 2 N–H and O–H groups in total. The molecular formula is C17H20N6O2S. The van der Waals surface area contributed by atoms with E-state index in [4.69, 9.17) is 0 Å². The molecule has 0 atom stereocenters. The third-order valence-electron chi connectivity index (χ3n) is 3.73. The van der Waals surface area contributed by atoms with Gasteiger partial charge in [-0.05, 0) is 43.7 Å². The minimum Gasteiger partial charge on any atom is -0.367 e. The van der Waals surface area contributed by atoms with Crippen molar-refractivity contribution in [1.29, 1.82) is 0 Å². The lowest BCUT2D eigenvalue weighted by molar-refractivity contribution is 0.582.